The van der Waals surface area contributed by atoms with Crippen molar-refractivity contribution < 1.29 is 14.5 Å². The first-order chi connectivity index (χ1) is 5.37. The molecule has 4 nitrogen and oxygen atoms in total. The molecule has 0 saturated heterocycles. The lowest BCUT2D eigenvalue weighted by Crippen LogP contribution is -2.39. The van der Waals surface area contributed by atoms with Gasteiger partial charge < -0.3 is 20.2 Å². The fourth-order valence-corrected chi connectivity index (χ4v) is 1.82. The minimum Gasteiger partial charge on any atom is -0.628 e. The number of aliphatic hydroxyl groups is 1. The molecule has 0 rings (SSSR count). The zero-order chi connectivity index (χ0) is 9.78. The smallest absolute Gasteiger partial charge is 0.273 e. The summed E-state index contributed by atoms with van der Waals surface area (Å²) in [6, 6.07) is 0. The molecule has 0 aromatic heterocycles. The third kappa shape index (κ3) is 5.63. The van der Waals surface area contributed by atoms with Crippen molar-refractivity contribution in [1.82, 2.24) is 0 Å². The summed E-state index contributed by atoms with van der Waals surface area (Å²) in [6.45, 7) is 0.783. The van der Waals surface area contributed by atoms with E-state index in [-0.39, 0.29) is 5.48 Å². The largest absolute Gasteiger partial charge is 0.628 e. The predicted molar refractivity (Wildman–Crippen MR) is 50.7 cm³/mol. The van der Waals surface area contributed by atoms with Gasteiger partial charge in [0.1, 0.15) is 6.16 Å². The molecule has 0 aliphatic heterocycles. The fraction of sp³-hybridized carbons (Fsp3) is 0.857. The third-order valence-corrected chi connectivity index (χ3v) is 2.62. The second-order valence-electron chi connectivity index (χ2n) is 3.76. The zero-order valence-electron chi connectivity index (χ0n) is 7.95. The fourth-order valence-electron chi connectivity index (χ4n) is 0.749. The first-order valence-corrected chi connectivity index (χ1v) is 5.31. The van der Waals surface area contributed by atoms with Crippen LogP contribution in [0.5, 0.6) is 0 Å². The van der Waals surface area contributed by atoms with Crippen molar-refractivity contribution >= 4 is 13.3 Å². The highest BCUT2D eigenvalue weighted by Crippen LogP contribution is 2.11. The average molecular weight is 193 g/mol. The van der Waals surface area contributed by atoms with Gasteiger partial charge in [-0.05, 0) is 0 Å². The van der Waals surface area contributed by atoms with Gasteiger partial charge in [-0.2, -0.15) is 0 Å². The van der Waals surface area contributed by atoms with Gasteiger partial charge in [0.15, 0.2) is 6.54 Å². The Morgan fingerprint density at radius 1 is 1.50 bits per heavy atom. The minimum absolute atomic E-state index is 0.0722. The van der Waals surface area contributed by atoms with Crippen LogP contribution in [0.3, 0.4) is 0 Å². The van der Waals surface area contributed by atoms with Gasteiger partial charge in [0.05, 0.1) is 28.9 Å². The van der Waals surface area contributed by atoms with Crippen LogP contribution in [0.2, 0.25) is 0 Å². The van der Waals surface area contributed by atoms with E-state index < -0.39 is 7.77 Å². The van der Waals surface area contributed by atoms with E-state index in [1.807, 2.05) is 21.1 Å². The number of hydrogen-bond acceptors (Lipinski definition) is 2. The van der Waals surface area contributed by atoms with Crippen molar-refractivity contribution in [2.75, 3.05) is 40.4 Å². The van der Waals surface area contributed by atoms with Gasteiger partial charge in [0.25, 0.3) is 5.48 Å². The highest BCUT2D eigenvalue weighted by molar-refractivity contribution is 7.51. The van der Waals surface area contributed by atoms with Crippen molar-refractivity contribution in [3.63, 3.8) is 0 Å². The van der Waals surface area contributed by atoms with E-state index in [1.165, 1.54) is 0 Å². The lowest BCUT2D eigenvalue weighted by Gasteiger charge is -2.22. The second kappa shape index (κ2) is 4.90. The van der Waals surface area contributed by atoms with E-state index in [0.29, 0.717) is 23.7 Å². The average Bonchev–Trinajstić information content (AvgIpc) is 1.84. The van der Waals surface area contributed by atoms with Crippen LogP contribution >= 0.6 is 7.77 Å². The molecule has 1 atom stereocenters. The molecule has 0 aliphatic rings. The van der Waals surface area contributed by atoms with E-state index in [0.717, 1.165) is 0 Å². The van der Waals surface area contributed by atoms with Gasteiger partial charge in [0, 0.05) is 6.54 Å². The van der Waals surface area contributed by atoms with Crippen LogP contribution in [0, 0.1) is 0 Å². The quantitative estimate of drug-likeness (QED) is 0.440. The minimum atomic E-state index is -1.62. The van der Waals surface area contributed by atoms with Gasteiger partial charge in [-0.15, -0.1) is 0 Å². The highest BCUT2D eigenvalue weighted by atomic mass is 31.1. The van der Waals surface area contributed by atoms with Crippen LogP contribution < -0.4 is 10.6 Å². The summed E-state index contributed by atoms with van der Waals surface area (Å²) in [5.74, 6) is 0. The molecular weight excluding hydrogens is 175 g/mol. The van der Waals surface area contributed by atoms with Crippen LogP contribution in [-0.4, -0.2) is 55.5 Å². The number of aliphatic hydroxyl groups excluding tert-OH is 1. The standard InChI is InChI=1S/C7H17N2O2P/c1-9(2,3)6-7(10)12(11)5-4-8/h4-6,8H2,1-3H3/p+1. The first kappa shape index (κ1) is 12.0. The van der Waals surface area contributed by atoms with E-state index >= 15 is 0 Å². The Morgan fingerprint density at radius 2 is 2.00 bits per heavy atom. The number of nitrogens with two attached hydrogens (primary N) is 1. The molecule has 0 aliphatic carbocycles. The SMILES string of the molecule is C[N+](C)(C)C/C(O)=[P+](\[O-])CCN. The lowest BCUT2D eigenvalue weighted by molar-refractivity contribution is -0.861. The van der Waals surface area contributed by atoms with Crippen LogP contribution in [0.15, 0.2) is 0 Å². The maximum absolute atomic E-state index is 11.2. The summed E-state index contributed by atoms with van der Waals surface area (Å²) < 4.78 is 0.581. The Hall–Kier alpha value is 0.01000. The molecule has 0 heterocycles. The van der Waals surface area contributed by atoms with Crippen molar-refractivity contribution in [3.8, 4) is 0 Å². The van der Waals surface area contributed by atoms with Crippen molar-refractivity contribution in [3.05, 3.63) is 0 Å². The molecule has 5 heteroatoms. The molecule has 12 heavy (non-hydrogen) atoms. The number of hydrogen-bond donors (Lipinski definition) is 2. The lowest BCUT2D eigenvalue weighted by atomic mass is 10.5. The van der Waals surface area contributed by atoms with Crippen LogP contribution in [-0.2, 0) is 0 Å². The van der Waals surface area contributed by atoms with E-state index in [9.17, 15) is 10.00 Å². The molecular formula is C7H18N2O2P+. The molecule has 0 radical (unpaired) electrons. The van der Waals surface area contributed by atoms with Crippen LogP contribution in [0.25, 0.3) is 0 Å². The highest BCUT2D eigenvalue weighted by Gasteiger charge is 2.16. The molecule has 72 valence electrons. The summed E-state index contributed by atoms with van der Waals surface area (Å²) in [5.41, 5.74) is 5.29. The molecule has 0 aromatic carbocycles. The molecule has 3 N–H and O–H groups in total. The van der Waals surface area contributed by atoms with Crippen LogP contribution in [0.4, 0.5) is 0 Å². The molecule has 0 bridgehead atoms. The van der Waals surface area contributed by atoms with Gasteiger partial charge in [0.2, 0.25) is 0 Å². The van der Waals surface area contributed by atoms with E-state index in [2.05, 4.69) is 0 Å². The summed E-state index contributed by atoms with van der Waals surface area (Å²) in [6.07, 6.45) is 0.376. The number of rotatable bonds is 4. The van der Waals surface area contributed by atoms with Crippen molar-refractivity contribution in [2.24, 2.45) is 5.73 Å². The maximum atomic E-state index is 11.2. The monoisotopic (exact) mass is 193 g/mol. The van der Waals surface area contributed by atoms with E-state index in [1.54, 1.807) is 0 Å². The molecule has 0 aromatic rings. The Kier molecular flexibility index (Phi) is 4.90. The number of nitrogens with zero attached hydrogens (tertiary/aromatic N) is 1. The normalized spacial score (nSPS) is 14.5. The van der Waals surface area contributed by atoms with Gasteiger partial charge >= 0.3 is 0 Å². The summed E-state index contributed by atoms with van der Waals surface area (Å²) in [4.78, 5) is 11.2. The van der Waals surface area contributed by atoms with Gasteiger partial charge in [-0.3, -0.25) is 0 Å². The van der Waals surface area contributed by atoms with Crippen LogP contribution in [0.1, 0.15) is 0 Å². The summed E-state index contributed by atoms with van der Waals surface area (Å²) in [7, 11) is 4.17. The Morgan fingerprint density at radius 3 is 2.33 bits per heavy atom. The number of likely N-dealkylation sites (N-methyl/N-ethyl adjacent to an activating group) is 1. The summed E-state index contributed by atoms with van der Waals surface area (Å²) in [5, 5.41) is 9.35. The summed E-state index contributed by atoms with van der Waals surface area (Å²) >= 11 is 0. The second-order valence-corrected chi connectivity index (χ2v) is 5.48. The van der Waals surface area contributed by atoms with Crippen molar-refractivity contribution in [2.45, 2.75) is 0 Å². The Labute approximate surface area is 74.7 Å². The predicted octanol–water partition coefficient (Wildman–Crippen LogP) is -1.09. The van der Waals surface area contributed by atoms with Gasteiger partial charge in [-0.1, -0.05) is 0 Å². The van der Waals surface area contributed by atoms with Crippen molar-refractivity contribution in [1.29, 1.82) is 0 Å². The Bertz CT molecular complexity index is 175. The Balaban J connectivity index is 4.17. The molecule has 0 spiro atoms. The molecule has 1 unspecified atom stereocenters. The zero-order valence-corrected chi connectivity index (χ0v) is 8.84. The van der Waals surface area contributed by atoms with Gasteiger partial charge in [-0.25, -0.2) is 0 Å². The molecule has 0 fully saturated rings. The first-order valence-electron chi connectivity index (χ1n) is 3.87. The molecule has 0 saturated carbocycles. The van der Waals surface area contributed by atoms with E-state index in [4.69, 9.17) is 5.73 Å². The number of quaternary nitrogens is 1. The molecule has 0 amide bonds. The topological polar surface area (TPSA) is 69.3 Å². The third-order valence-electron chi connectivity index (χ3n) is 1.24. The maximum Gasteiger partial charge on any atom is 0.273 e.